The number of amides is 1. The summed E-state index contributed by atoms with van der Waals surface area (Å²) < 4.78 is 1.65. The number of nitrogens with zero attached hydrogens (tertiary/aromatic N) is 4. The van der Waals surface area contributed by atoms with Crippen LogP contribution >= 0.6 is 11.6 Å². The van der Waals surface area contributed by atoms with Gasteiger partial charge in [0.05, 0.1) is 22.1 Å². The molecule has 0 radical (unpaired) electrons. The maximum atomic E-state index is 13.1. The summed E-state index contributed by atoms with van der Waals surface area (Å²) in [5.41, 5.74) is 4.77. The number of fused-ring (bicyclic) bond motifs is 4. The van der Waals surface area contributed by atoms with Gasteiger partial charge in [0.2, 0.25) is 0 Å². The van der Waals surface area contributed by atoms with Gasteiger partial charge >= 0.3 is 0 Å². The van der Waals surface area contributed by atoms with E-state index in [2.05, 4.69) is 29.1 Å². The molecule has 0 aliphatic carbocycles. The van der Waals surface area contributed by atoms with Gasteiger partial charge < -0.3 is 4.90 Å². The summed E-state index contributed by atoms with van der Waals surface area (Å²) in [5, 5.41) is 6.19. The van der Waals surface area contributed by atoms with Crippen LogP contribution in [0, 0.1) is 0 Å². The van der Waals surface area contributed by atoms with Crippen molar-refractivity contribution in [3.8, 4) is 0 Å². The van der Waals surface area contributed by atoms with Crippen LogP contribution in [0.5, 0.6) is 0 Å². The van der Waals surface area contributed by atoms with Gasteiger partial charge in [0.15, 0.2) is 5.69 Å². The topological polar surface area (TPSA) is 50.5 Å². The third kappa shape index (κ3) is 2.58. The molecule has 4 aromatic rings. The van der Waals surface area contributed by atoms with Crippen LogP contribution in [0.15, 0.2) is 54.9 Å². The summed E-state index contributed by atoms with van der Waals surface area (Å²) >= 11 is 6.02. The van der Waals surface area contributed by atoms with E-state index in [0.29, 0.717) is 17.3 Å². The average molecular weight is 377 g/mol. The first-order valence-electron chi connectivity index (χ1n) is 8.94. The molecule has 6 heteroatoms. The van der Waals surface area contributed by atoms with Crippen LogP contribution in [0.1, 0.15) is 34.6 Å². The molecule has 5 rings (SSSR count). The Labute approximate surface area is 161 Å². The monoisotopic (exact) mass is 376 g/mol. The van der Waals surface area contributed by atoms with Crippen molar-refractivity contribution >= 4 is 33.9 Å². The summed E-state index contributed by atoms with van der Waals surface area (Å²) in [6.07, 6.45) is 4.34. The number of aromatic nitrogens is 3. The lowest BCUT2D eigenvalue weighted by Crippen LogP contribution is -2.39. The molecule has 134 valence electrons. The number of carbonyl (C=O) groups is 1. The highest BCUT2D eigenvalue weighted by atomic mass is 35.5. The van der Waals surface area contributed by atoms with E-state index in [9.17, 15) is 4.79 Å². The van der Waals surface area contributed by atoms with E-state index in [4.69, 9.17) is 11.6 Å². The summed E-state index contributed by atoms with van der Waals surface area (Å²) in [5.74, 6) is -0.0562. The molecular formula is C21H17ClN4O. The molecular weight excluding hydrogens is 360 g/mol. The lowest BCUT2D eigenvalue weighted by molar-refractivity contribution is 0.0672. The van der Waals surface area contributed by atoms with Gasteiger partial charge in [-0.05, 0) is 54.8 Å². The SMILES string of the molecule is CC1c2ccc3ncccc3c2CCN1C(=O)c1cc2ccc(Cl)cn2n1. The Kier molecular flexibility index (Phi) is 3.65. The van der Waals surface area contributed by atoms with Crippen LogP contribution in [-0.2, 0) is 6.42 Å². The minimum Gasteiger partial charge on any atom is -0.330 e. The van der Waals surface area contributed by atoms with Crippen molar-refractivity contribution in [2.75, 3.05) is 6.54 Å². The third-order valence-corrected chi connectivity index (χ3v) is 5.58. The highest BCUT2D eigenvalue weighted by Gasteiger charge is 2.30. The number of halogens is 1. The average Bonchev–Trinajstić information content (AvgIpc) is 3.11. The Morgan fingerprint density at radius 1 is 1.22 bits per heavy atom. The second kappa shape index (κ2) is 6.06. The van der Waals surface area contributed by atoms with Gasteiger partial charge in [-0.2, -0.15) is 5.10 Å². The van der Waals surface area contributed by atoms with Gasteiger partial charge in [-0.15, -0.1) is 0 Å². The summed E-state index contributed by atoms with van der Waals surface area (Å²) in [6, 6.07) is 13.7. The lowest BCUT2D eigenvalue weighted by Gasteiger charge is -2.35. The number of benzene rings is 1. The molecule has 1 aliphatic heterocycles. The summed E-state index contributed by atoms with van der Waals surface area (Å²) in [4.78, 5) is 19.5. The lowest BCUT2D eigenvalue weighted by atomic mass is 9.90. The van der Waals surface area contributed by atoms with Crippen LogP contribution in [0.2, 0.25) is 5.02 Å². The Morgan fingerprint density at radius 3 is 3.00 bits per heavy atom. The molecule has 27 heavy (non-hydrogen) atoms. The Morgan fingerprint density at radius 2 is 2.11 bits per heavy atom. The second-order valence-corrected chi connectivity index (χ2v) is 7.31. The number of hydrogen-bond donors (Lipinski definition) is 0. The number of pyridine rings is 2. The van der Waals surface area contributed by atoms with E-state index >= 15 is 0 Å². The molecule has 1 aromatic carbocycles. The molecule has 0 N–H and O–H groups in total. The zero-order valence-electron chi connectivity index (χ0n) is 14.8. The summed E-state index contributed by atoms with van der Waals surface area (Å²) in [7, 11) is 0. The van der Waals surface area contributed by atoms with Crippen LogP contribution in [0.4, 0.5) is 0 Å². The molecule has 1 aliphatic rings. The van der Waals surface area contributed by atoms with Gasteiger partial charge in [0.25, 0.3) is 5.91 Å². The van der Waals surface area contributed by atoms with Crippen molar-refractivity contribution in [3.63, 3.8) is 0 Å². The van der Waals surface area contributed by atoms with Gasteiger partial charge in [0, 0.05) is 24.3 Å². The van der Waals surface area contributed by atoms with Gasteiger partial charge in [-0.1, -0.05) is 23.7 Å². The smallest absolute Gasteiger partial charge is 0.274 e. The third-order valence-electron chi connectivity index (χ3n) is 5.36. The Hall–Kier alpha value is -2.92. The van der Waals surface area contributed by atoms with Crippen molar-refractivity contribution < 1.29 is 4.79 Å². The maximum Gasteiger partial charge on any atom is 0.274 e. The predicted octanol–water partition coefficient (Wildman–Crippen LogP) is 4.30. The Bertz CT molecular complexity index is 1200. The fraction of sp³-hybridized carbons (Fsp3) is 0.190. The molecule has 3 aromatic heterocycles. The first-order valence-corrected chi connectivity index (χ1v) is 9.32. The van der Waals surface area contributed by atoms with E-state index in [-0.39, 0.29) is 11.9 Å². The minimum atomic E-state index is -0.0562. The summed E-state index contributed by atoms with van der Waals surface area (Å²) in [6.45, 7) is 2.74. The second-order valence-electron chi connectivity index (χ2n) is 6.87. The van der Waals surface area contributed by atoms with Gasteiger partial charge in [-0.25, -0.2) is 4.52 Å². The standard InChI is InChI=1S/C21H17ClN4O/c1-13-16-6-7-19-18(3-2-9-23-19)17(16)8-10-25(13)21(27)20-11-15-5-4-14(22)12-26(15)24-20/h2-7,9,11-13H,8,10H2,1H3. The Balaban J connectivity index is 1.52. The first-order chi connectivity index (χ1) is 13.1. The van der Waals surface area contributed by atoms with E-state index in [1.807, 2.05) is 35.4 Å². The van der Waals surface area contributed by atoms with Crippen molar-refractivity contribution in [3.05, 3.63) is 76.7 Å². The fourth-order valence-corrected chi connectivity index (χ4v) is 4.14. The van der Waals surface area contributed by atoms with E-state index in [1.54, 1.807) is 16.8 Å². The molecule has 0 saturated heterocycles. The number of rotatable bonds is 1. The van der Waals surface area contributed by atoms with E-state index < -0.39 is 0 Å². The first kappa shape index (κ1) is 16.3. The van der Waals surface area contributed by atoms with Crippen LogP contribution < -0.4 is 0 Å². The van der Waals surface area contributed by atoms with E-state index in [0.717, 1.165) is 17.5 Å². The molecule has 0 bridgehead atoms. The normalized spacial score (nSPS) is 16.7. The van der Waals surface area contributed by atoms with Crippen molar-refractivity contribution in [1.29, 1.82) is 0 Å². The van der Waals surface area contributed by atoms with Gasteiger partial charge in [-0.3, -0.25) is 9.78 Å². The fourth-order valence-electron chi connectivity index (χ4n) is 3.99. The number of hydrogen-bond acceptors (Lipinski definition) is 3. The quantitative estimate of drug-likeness (QED) is 0.497. The van der Waals surface area contributed by atoms with Crippen molar-refractivity contribution in [2.45, 2.75) is 19.4 Å². The van der Waals surface area contributed by atoms with Crippen LogP contribution in [-0.4, -0.2) is 31.9 Å². The van der Waals surface area contributed by atoms with Crippen LogP contribution in [0.3, 0.4) is 0 Å². The molecule has 5 nitrogen and oxygen atoms in total. The largest absolute Gasteiger partial charge is 0.330 e. The minimum absolute atomic E-state index is 0.0146. The van der Waals surface area contributed by atoms with E-state index in [1.165, 1.54) is 16.5 Å². The molecule has 0 spiro atoms. The predicted molar refractivity (Wildman–Crippen MR) is 105 cm³/mol. The highest BCUT2D eigenvalue weighted by Crippen LogP contribution is 2.34. The van der Waals surface area contributed by atoms with Crippen molar-refractivity contribution in [1.82, 2.24) is 19.5 Å². The zero-order valence-corrected chi connectivity index (χ0v) is 15.5. The highest BCUT2D eigenvalue weighted by molar-refractivity contribution is 6.30. The molecule has 4 heterocycles. The van der Waals surface area contributed by atoms with Crippen LogP contribution in [0.25, 0.3) is 16.4 Å². The van der Waals surface area contributed by atoms with Crippen molar-refractivity contribution in [2.24, 2.45) is 0 Å². The molecule has 1 unspecified atom stereocenters. The maximum absolute atomic E-state index is 13.1. The molecule has 0 saturated carbocycles. The number of carbonyl (C=O) groups excluding carboxylic acids is 1. The molecule has 1 atom stereocenters. The zero-order chi connectivity index (χ0) is 18.5. The molecule has 1 amide bonds. The van der Waals surface area contributed by atoms with Gasteiger partial charge in [0.1, 0.15) is 0 Å². The molecule has 0 fully saturated rings.